The average molecular weight is 351 g/mol. The van der Waals surface area contributed by atoms with Crippen LogP contribution in [0, 0.1) is 0 Å². The van der Waals surface area contributed by atoms with E-state index in [9.17, 15) is 9.90 Å². The maximum absolute atomic E-state index is 12.3. The first-order valence-corrected chi connectivity index (χ1v) is 8.48. The number of nitrogens with one attached hydrogen (secondary N) is 2. The van der Waals surface area contributed by atoms with Crippen LogP contribution in [0.4, 0.5) is 0 Å². The van der Waals surface area contributed by atoms with Crippen molar-refractivity contribution in [3.05, 3.63) is 72.2 Å². The molecule has 3 aromatic rings. The van der Waals surface area contributed by atoms with E-state index in [1.54, 1.807) is 6.92 Å². The van der Waals surface area contributed by atoms with E-state index in [-0.39, 0.29) is 18.7 Å². The number of H-pyrrole nitrogens is 1. The number of esters is 1. The number of aliphatic hydroxyl groups excluding tert-OH is 1. The van der Waals surface area contributed by atoms with Crippen LogP contribution in [-0.2, 0) is 9.53 Å². The lowest BCUT2D eigenvalue weighted by Gasteiger charge is -2.11. The molecule has 6 heteroatoms. The minimum atomic E-state index is -0.688. The fourth-order valence-electron chi connectivity index (χ4n) is 2.58. The second-order valence-corrected chi connectivity index (χ2v) is 5.72. The number of nitrogens with zero attached hydrogens (tertiary/aromatic N) is 1. The van der Waals surface area contributed by atoms with Gasteiger partial charge in [0.25, 0.3) is 0 Å². The Balaban J connectivity index is 1.79. The van der Waals surface area contributed by atoms with Crippen LogP contribution >= 0.6 is 0 Å². The van der Waals surface area contributed by atoms with Gasteiger partial charge in [0, 0.05) is 12.7 Å². The van der Waals surface area contributed by atoms with Gasteiger partial charge in [0.05, 0.1) is 23.7 Å². The van der Waals surface area contributed by atoms with Crippen LogP contribution in [0.3, 0.4) is 0 Å². The molecule has 6 nitrogen and oxygen atoms in total. The summed E-state index contributed by atoms with van der Waals surface area (Å²) in [5.41, 5.74) is 2.68. The van der Waals surface area contributed by atoms with Crippen molar-refractivity contribution >= 4 is 22.6 Å². The fourth-order valence-corrected chi connectivity index (χ4v) is 2.58. The zero-order valence-electron chi connectivity index (χ0n) is 14.5. The zero-order chi connectivity index (χ0) is 18.4. The molecular weight excluding hydrogens is 330 g/mol. The summed E-state index contributed by atoms with van der Waals surface area (Å²) < 4.78 is 5.13. The molecule has 0 fully saturated rings. The van der Waals surface area contributed by atoms with Crippen LogP contribution in [0.15, 0.2) is 60.8 Å². The second-order valence-electron chi connectivity index (χ2n) is 5.72. The number of carbonyl (C=O) groups excluding carboxylic acids is 1. The summed E-state index contributed by atoms with van der Waals surface area (Å²) in [7, 11) is 0. The van der Waals surface area contributed by atoms with Gasteiger partial charge in [-0.15, -0.1) is 0 Å². The Morgan fingerprint density at radius 3 is 2.69 bits per heavy atom. The number of aliphatic hydroxyl groups is 1. The highest BCUT2D eigenvalue weighted by Gasteiger charge is 2.17. The van der Waals surface area contributed by atoms with Crippen molar-refractivity contribution in [1.29, 1.82) is 0 Å². The monoisotopic (exact) mass is 351 g/mol. The van der Waals surface area contributed by atoms with Crippen LogP contribution < -0.4 is 5.32 Å². The Kier molecular flexibility index (Phi) is 5.66. The first-order valence-electron chi connectivity index (χ1n) is 8.48. The topological polar surface area (TPSA) is 87.2 Å². The number of hydrogen-bond donors (Lipinski definition) is 3. The quantitative estimate of drug-likeness (QED) is 0.450. The molecule has 3 N–H and O–H groups in total. The summed E-state index contributed by atoms with van der Waals surface area (Å²) in [5, 5.41) is 13.2. The third-order valence-corrected chi connectivity index (χ3v) is 3.88. The standard InChI is InChI=1S/C20H21N3O3/c1-2-26-20(25)15(19-22-16-10-6-7-11-17(16)23-19)12-21-13-18(24)14-8-4-3-5-9-14/h3-12,18,21,24H,2,13H2,1H3,(H,22,23)/b15-12+. The van der Waals surface area contributed by atoms with E-state index in [1.807, 2.05) is 54.6 Å². The third-order valence-electron chi connectivity index (χ3n) is 3.88. The number of ether oxygens (including phenoxy) is 1. The van der Waals surface area contributed by atoms with Crippen molar-refractivity contribution in [2.24, 2.45) is 0 Å². The lowest BCUT2D eigenvalue weighted by molar-refractivity contribution is -0.136. The Bertz CT molecular complexity index is 870. The smallest absolute Gasteiger partial charge is 0.343 e. The van der Waals surface area contributed by atoms with Gasteiger partial charge in [-0.25, -0.2) is 9.78 Å². The molecule has 0 amide bonds. The lowest BCUT2D eigenvalue weighted by atomic mass is 10.1. The molecule has 0 saturated heterocycles. The SMILES string of the molecule is CCOC(=O)/C(=C/NCC(O)c1ccccc1)c1nc2ccccc2[nH]1. The van der Waals surface area contributed by atoms with Gasteiger partial charge in [0.15, 0.2) is 0 Å². The number of aromatic amines is 1. The van der Waals surface area contributed by atoms with E-state index in [4.69, 9.17) is 4.74 Å². The summed E-state index contributed by atoms with van der Waals surface area (Å²) in [4.78, 5) is 19.9. The summed E-state index contributed by atoms with van der Waals surface area (Å²) >= 11 is 0. The van der Waals surface area contributed by atoms with Gasteiger partial charge in [-0.1, -0.05) is 42.5 Å². The summed E-state index contributed by atoms with van der Waals surface area (Å²) in [5.74, 6) is -0.0559. The molecule has 0 aliphatic rings. The van der Waals surface area contributed by atoms with Gasteiger partial charge < -0.3 is 20.1 Å². The van der Waals surface area contributed by atoms with E-state index in [2.05, 4.69) is 15.3 Å². The van der Waals surface area contributed by atoms with Crippen LogP contribution in [0.5, 0.6) is 0 Å². The van der Waals surface area contributed by atoms with Gasteiger partial charge >= 0.3 is 5.97 Å². The zero-order valence-corrected chi connectivity index (χ0v) is 14.5. The molecule has 0 spiro atoms. The molecule has 26 heavy (non-hydrogen) atoms. The van der Waals surface area contributed by atoms with E-state index in [0.29, 0.717) is 5.82 Å². The van der Waals surface area contributed by atoms with E-state index < -0.39 is 12.1 Å². The molecule has 134 valence electrons. The number of fused-ring (bicyclic) bond motifs is 1. The molecule has 0 aliphatic heterocycles. The van der Waals surface area contributed by atoms with Gasteiger partial charge in [-0.3, -0.25) is 0 Å². The maximum Gasteiger partial charge on any atom is 0.343 e. The van der Waals surface area contributed by atoms with Crippen LogP contribution in [0.2, 0.25) is 0 Å². The Labute approximate surface area is 151 Å². The Morgan fingerprint density at radius 1 is 1.23 bits per heavy atom. The number of aromatic nitrogens is 2. The predicted octanol–water partition coefficient (Wildman–Crippen LogP) is 2.79. The number of carbonyl (C=O) groups is 1. The van der Waals surface area contributed by atoms with Crippen LogP contribution in [0.1, 0.15) is 24.4 Å². The molecular formula is C20H21N3O3. The van der Waals surface area contributed by atoms with E-state index >= 15 is 0 Å². The van der Waals surface area contributed by atoms with Crippen LogP contribution in [-0.4, -0.2) is 34.2 Å². The number of para-hydroxylation sites is 2. The van der Waals surface area contributed by atoms with E-state index in [1.165, 1.54) is 6.20 Å². The molecule has 0 bridgehead atoms. The highest BCUT2D eigenvalue weighted by Crippen LogP contribution is 2.18. The average Bonchev–Trinajstić information content (AvgIpc) is 3.09. The number of rotatable bonds is 7. The number of imidazole rings is 1. The van der Waals surface area contributed by atoms with Crippen molar-refractivity contribution in [1.82, 2.24) is 15.3 Å². The second kappa shape index (κ2) is 8.31. The highest BCUT2D eigenvalue weighted by atomic mass is 16.5. The maximum atomic E-state index is 12.3. The predicted molar refractivity (Wildman–Crippen MR) is 100 cm³/mol. The van der Waals surface area contributed by atoms with Crippen LogP contribution in [0.25, 0.3) is 16.6 Å². The summed E-state index contributed by atoms with van der Waals surface area (Å²) in [6.45, 7) is 2.27. The van der Waals surface area contributed by atoms with Gasteiger partial charge in [-0.2, -0.15) is 0 Å². The Hall–Kier alpha value is -3.12. The molecule has 1 aromatic heterocycles. The van der Waals surface area contributed by atoms with Gasteiger partial charge in [0.1, 0.15) is 11.4 Å². The highest BCUT2D eigenvalue weighted by molar-refractivity contribution is 6.15. The molecule has 3 rings (SSSR count). The Morgan fingerprint density at radius 2 is 1.96 bits per heavy atom. The first-order chi connectivity index (χ1) is 12.7. The molecule has 1 atom stereocenters. The number of benzene rings is 2. The third kappa shape index (κ3) is 4.10. The lowest BCUT2D eigenvalue weighted by Crippen LogP contribution is -2.19. The minimum absolute atomic E-state index is 0.257. The molecule has 0 aliphatic carbocycles. The number of hydrogen-bond acceptors (Lipinski definition) is 5. The van der Waals surface area contributed by atoms with Gasteiger partial charge in [-0.05, 0) is 24.6 Å². The van der Waals surface area contributed by atoms with Crippen molar-refractivity contribution in [3.8, 4) is 0 Å². The summed E-state index contributed by atoms with van der Waals surface area (Å²) in [6, 6.07) is 16.9. The van der Waals surface area contributed by atoms with Crippen molar-refractivity contribution in [2.75, 3.05) is 13.2 Å². The summed E-state index contributed by atoms with van der Waals surface area (Å²) in [6.07, 6.45) is 0.841. The minimum Gasteiger partial charge on any atom is -0.462 e. The van der Waals surface area contributed by atoms with Crippen molar-refractivity contribution in [3.63, 3.8) is 0 Å². The van der Waals surface area contributed by atoms with E-state index in [0.717, 1.165) is 16.6 Å². The first kappa shape index (κ1) is 17.7. The van der Waals surface area contributed by atoms with Gasteiger partial charge in [0.2, 0.25) is 0 Å². The molecule has 0 radical (unpaired) electrons. The van der Waals surface area contributed by atoms with Crippen molar-refractivity contribution in [2.45, 2.75) is 13.0 Å². The molecule has 1 heterocycles. The normalized spacial score (nSPS) is 12.8. The van der Waals surface area contributed by atoms with Crippen molar-refractivity contribution < 1.29 is 14.6 Å². The molecule has 0 saturated carbocycles. The molecule has 1 unspecified atom stereocenters. The molecule has 2 aromatic carbocycles. The fraction of sp³-hybridized carbons (Fsp3) is 0.200. The largest absolute Gasteiger partial charge is 0.462 e.